The Morgan fingerprint density at radius 3 is 2.66 bits per heavy atom. The number of methoxy groups -OCH3 is 1. The minimum atomic E-state index is -0.543. The molecule has 4 rings (SSSR count). The van der Waals surface area contributed by atoms with E-state index in [4.69, 9.17) is 9.47 Å². The van der Waals surface area contributed by atoms with Crippen LogP contribution >= 0.6 is 0 Å². The number of ether oxygens (including phenoxy) is 2. The van der Waals surface area contributed by atoms with E-state index in [0.29, 0.717) is 18.8 Å². The van der Waals surface area contributed by atoms with Crippen LogP contribution < -0.4 is 14.8 Å². The molecule has 1 aliphatic carbocycles. The van der Waals surface area contributed by atoms with E-state index in [2.05, 4.69) is 5.32 Å². The highest BCUT2D eigenvalue weighted by Gasteiger charge is 2.30. The maximum Gasteiger partial charge on any atom is 0.263 e. The molecule has 1 fully saturated rings. The SMILES string of the molecule is COc1ccc(CCN2Cc3cc(NC(=O)C4CC4)ccc3O[C@H](C)C2=O)cc1. The Hall–Kier alpha value is -3.02. The topological polar surface area (TPSA) is 67.9 Å². The van der Waals surface area contributed by atoms with Gasteiger partial charge < -0.3 is 19.7 Å². The molecule has 1 aliphatic heterocycles. The number of carbonyl (C=O) groups is 2. The lowest BCUT2D eigenvalue weighted by Crippen LogP contribution is -2.39. The van der Waals surface area contributed by atoms with Crippen LogP contribution in [0, 0.1) is 5.92 Å². The molecule has 6 heteroatoms. The lowest BCUT2D eigenvalue weighted by molar-refractivity contribution is -0.137. The number of anilines is 1. The zero-order chi connectivity index (χ0) is 20.4. The van der Waals surface area contributed by atoms with E-state index in [-0.39, 0.29) is 17.7 Å². The number of hydrogen-bond acceptors (Lipinski definition) is 4. The number of fused-ring (bicyclic) bond motifs is 1. The second kappa shape index (κ2) is 8.15. The molecule has 152 valence electrons. The van der Waals surface area contributed by atoms with Crippen LogP contribution in [0.15, 0.2) is 42.5 Å². The number of benzene rings is 2. The fraction of sp³-hybridized carbons (Fsp3) is 0.391. The van der Waals surface area contributed by atoms with Crippen molar-refractivity contribution in [1.29, 1.82) is 0 Å². The maximum atomic E-state index is 12.8. The van der Waals surface area contributed by atoms with Gasteiger partial charge in [-0.15, -0.1) is 0 Å². The van der Waals surface area contributed by atoms with Crippen molar-refractivity contribution in [2.45, 2.75) is 38.8 Å². The Morgan fingerprint density at radius 1 is 1.21 bits per heavy atom. The van der Waals surface area contributed by atoms with Gasteiger partial charge in [-0.1, -0.05) is 12.1 Å². The lowest BCUT2D eigenvalue weighted by Gasteiger charge is -2.22. The largest absolute Gasteiger partial charge is 0.497 e. The molecule has 6 nitrogen and oxygen atoms in total. The Morgan fingerprint density at radius 2 is 1.97 bits per heavy atom. The third-order valence-electron chi connectivity index (χ3n) is 5.43. The highest BCUT2D eigenvalue weighted by Crippen LogP contribution is 2.32. The van der Waals surface area contributed by atoms with Crippen molar-refractivity contribution in [3.63, 3.8) is 0 Å². The average molecular weight is 394 g/mol. The molecule has 29 heavy (non-hydrogen) atoms. The maximum absolute atomic E-state index is 12.8. The molecular weight excluding hydrogens is 368 g/mol. The van der Waals surface area contributed by atoms with Crippen LogP contribution in [0.2, 0.25) is 0 Å². The molecule has 0 aromatic heterocycles. The van der Waals surface area contributed by atoms with Gasteiger partial charge in [0.15, 0.2) is 6.10 Å². The Bertz CT molecular complexity index is 906. The number of carbonyl (C=O) groups excluding carboxylic acids is 2. The summed E-state index contributed by atoms with van der Waals surface area (Å²) in [7, 11) is 1.64. The van der Waals surface area contributed by atoms with E-state index in [9.17, 15) is 9.59 Å². The molecule has 1 heterocycles. The minimum Gasteiger partial charge on any atom is -0.497 e. The molecule has 0 saturated heterocycles. The van der Waals surface area contributed by atoms with Crippen LogP contribution in [0.25, 0.3) is 0 Å². The second-order valence-electron chi connectivity index (χ2n) is 7.70. The van der Waals surface area contributed by atoms with Gasteiger partial charge in [0.2, 0.25) is 5.91 Å². The molecule has 2 aromatic carbocycles. The van der Waals surface area contributed by atoms with Crippen molar-refractivity contribution in [3.05, 3.63) is 53.6 Å². The Labute approximate surface area is 170 Å². The molecule has 1 N–H and O–H groups in total. The lowest BCUT2D eigenvalue weighted by atomic mass is 10.1. The standard InChI is InChI=1S/C23H26N2O4/c1-15-23(27)25(12-11-16-3-8-20(28-2)9-4-16)14-18-13-19(7-10-21(18)29-15)24-22(26)17-5-6-17/h3-4,7-10,13,15,17H,5-6,11-12,14H2,1-2H3,(H,24,26)/t15-/m1/s1. The third-order valence-corrected chi connectivity index (χ3v) is 5.43. The van der Waals surface area contributed by atoms with Crippen LogP contribution in [0.1, 0.15) is 30.9 Å². The van der Waals surface area contributed by atoms with E-state index >= 15 is 0 Å². The summed E-state index contributed by atoms with van der Waals surface area (Å²) >= 11 is 0. The van der Waals surface area contributed by atoms with E-state index in [1.165, 1.54) is 0 Å². The highest BCUT2D eigenvalue weighted by atomic mass is 16.5. The first kappa shape index (κ1) is 19.3. The molecule has 2 amide bonds. The first-order valence-electron chi connectivity index (χ1n) is 10.1. The van der Waals surface area contributed by atoms with Crippen molar-refractivity contribution in [1.82, 2.24) is 4.90 Å². The highest BCUT2D eigenvalue weighted by molar-refractivity contribution is 5.94. The van der Waals surface area contributed by atoms with E-state index < -0.39 is 6.10 Å². The van der Waals surface area contributed by atoms with E-state index in [1.54, 1.807) is 14.0 Å². The van der Waals surface area contributed by atoms with Gasteiger partial charge in [-0.25, -0.2) is 0 Å². The molecule has 0 bridgehead atoms. The van der Waals surface area contributed by atoms with Crippen LogP contribution in [-0.2, 0) is 22.6 Å². The summed E-state index contributed by atoms with van der Waals surface area (Å²) in [5.41, 5.74) is 2.80. The fourth-order valence-electron chi connectivity index (χ4n) is 3.51. The molecule has 0 radical (unpaired) electrons. The Kier molecular flexibility index (Phi) is 5.43. The normalized spacial score (nSPS) is 18.5. The van der Waals surface area contributed by atoms with Crippen molar-refractivity contribution >= 4 is 17.5 Å². The summed E-state index contributed by atoms with van der Waals surface area (Å²) in [4.78, 5) is 26.7. The number of amides is 2. The summed E-state index contributed by atoms with van der Waals surface area (Å²) in [6.07, 6.45) is 2.13. The fourth-order valence-corrected chi connectivity index (χ4v) is 3.51. The second-order valence-corrected chi connectivity index (χ2v) is 7.70. The van der Waals surface area contributed by atoms with Gasteiger partial charge in [0.05, 0.1) is 7.11 Å². The predicted octanol–water partition coefficient (Wildman–Crippen LogP) is 3.40. The molecule has 1 atom stereocenters. The van der Waals surface area contributed by atoms with Gasteiger partial charge in [-0.05, 0) is 62.1 Å². The summed E-state index contributed by atoms with van der Waals surface area (Å²) in [5.74, 6) is 1.70. The molecule has 1 saturated carbocycles. The number of nitrogens with one attached hydrogen (secondary N) is 1. The predicted molar refractivity (Wildman–Crippen MR) is 110 cm³/mol. The van der Waals surface area contributed by atoms with Crippen LogP contribution in [0.5, 0.6) is 11.5 Å². The van der Waals surface area contributed by atoms with Crippen molar-refractivity contribution in [2.24, 2.45) is 5.92 Å². The summed E-state index contributed by atoms with van der Waals surface area (Å²) < 4.78 is 11.1. The Balaban J connectivity index is 1.48. The number of rotatable bonds is 6. The van der Waals surface area contributed by atoms with Gasteiger partial charge in [-0.3, -0.25) is 9.59 Å². The van der Waals surface area contributed by atoms with Gasteiger partial charge in [0.25, 0.3) is 5.91 Å². The zero-order valence-corrected chi connectivity index (χ0v) is 16.8. The molecule has 2 aliphatic rings. The summed E-state index contributed by atoms with van der Waals surface area (Å²) in [6, 6.07) is 13.5. The molecule has 0 unspecified atom stereocenters. The quantitative estimate of drug-likeness (QED) is 0.815. The van der Waals surface area contributed by atoms with Gasteiger partial charge in [0, 0.05) is 30.3 Å². The monoisotopic (exact) mass is 394 g/mol. The van der Waals surface area contributed by atoms with Crippen LogP contribution in [-0.4, -0.2) is 36.5 Å². The van der Waals surface area contributed by atoms with Crippen molar-refractivity contribution < 1.29 is 19.1 Å². The first-order chi connectivity index (χ1) is 14.0. The smallest absolute Gasteiger partial charge is 0.263 e. The number of nitrogens with zero attached hydrogens (tertiary/aromatic N) is 1. The molecule has 2 aromatic rings. The first-order valence-corrected chi connectivity index (χ1v) is 10.1. The van der Waals surface area contributed by atoms with E-state index in [0.717, 1.165) is 41.8 Å². The van der Waals surface area contributed by atoms with Crippen LogP contribution in [0.4, 0.5) is 5.69 Å². The third kappa shape index (κ3) is 4.53. The summed E-state index contributed by atoms with van der Waals surface area (Å²) in [6.45, 7) is 2.83. The molecular formula is C23H26N2O4. The zero-order valence-electron chi connectivity index (χ0n) is 16.8. The van der Waals surface area contributed by atoms with Gasteiger partial charge in [0.1, 0.15) is 11.5 Å². The van der Waals surface area contributed by atoms with E-state index in [1.807, 2.05) is 47.4 Å². The van der Waals surface area contributed by atoms with Crippen LogP contribution in [0.3, 0.4) is 0 Å². The average Bonchev–Trinajstić information content (AvgIpc) is 3.58. The summed E-state index contributed by atoms with van der Waals surface area (Å²) in [5, 5.41) is 2.97. The minimum absolute atomic E-state index is 0.0294. The van der Waals surface area contributed by atoms with Gasteiger partial charge in [-0.2, -0.15) is 0 Å². The number of hydrogen-bond donors (Lipinski definition) is 1. The molecule has 0 spiro atoms. The van der Waals surface area contributed by atoms with Gasteiger partial charge >= 0.3 is 0 Å². The van der Waals surface area contributed by atoms with Crippen molar-refractivity contribution in [2.75, 3.05) is 19.0 Å². The van der Waals surface area contributed by atoms with Crippen molar-refractivity contribution in [3.8, 4) is 11.5 Å².